The first-order chi connectivity index (χ1) is 7.50. The van der Waals surface area contributed by atoms with E-state index in [1.54, 1.807) is 4.90 Å². The Balaban J connectivity index is 2.60. The van der Waals surface area contributed by atoms with Crippen LogP contribution in [-0.4, -0.2) is 21.9 Å². The number of hydrogen-bond donors (Lipinski definition) is 0. The van der Waals surface area contributed by atoms with Gasteiger partial charge in [-0.2, -0.15) is 0 Å². The number of benzene rings is 1. The van der Waals surface area contributed by atoms with Crippen LogP contribution in [0.5, 0.6) is 0 Å². The van der Waals surface area contributed by atoms with E-state index >= 15 is 0 Å². The summed E-state index contributed by atoms with van der Waals surface area (Å²) in [5.41, 5.74) is 0.763. The molecular weight excluding hydrogens is 290 g/mol. The van der Waals surface area contributed by atoms with Gasteiger partial charge in [0.05, 0.1) is 21.4 Å². The Morgan fingerprint density at radius 2 is 2.12 bits per heavy atom. The molecule has 0 aromatic heterocycles. The van der Waals surface area contributed by atoms with E-state index in [2.05, 4.69) is 15.9 Å². The predicted octanol–water partition coefficient (Wildman–Crippen LogP) is 2.31. The van der Waals surface area contributed by atoms with Crippen molar-refractivity contribution >= 4 is 38.3 Å². The van der Waals surface area contributed by atoms with Crippen molar-refractivity contribution in [1.82, 2.24) is 0 Å². The number of carbonyl (C=O) groups is 1. The van der Waals surface area contributed by atoms with Crippen molar-refractivity contribution in [3.8, 4) is 0 Å². The van der Waals surface area contributed by atoms with Crippen LogP contribution in [0.4, 0.5) is 5.69 Å². The molecule has 1 aliphatic heterocycles. The molecule has 1 unspecified atom stereocenters. The highest BCUT2D eigenvalue weighted by Gasteiger charge is 2.30. The van der Waals surface area contributed by atoms with E-state index in [1.807, 2.05) is 32.0 Å². The van der Waals surface area contributed by atoms with Crippen LogP contribution in [0.2, 0.25) is 0 Å². The molecule has 1 aromatic rings. The van der Waals surface area contributed by atoms with Crippen LogP contribution < -0.4 is 4.90 Å². The number of carbonyl (C=O) groups excluding carboxylic acids is 1. The topological polar surface area (TPSA) is 37.4 Å². The van der Waals surface area contributed by atoms with Crippen LogP contribution in [-0.2, 0) is 15.6 Å². The van der Waals surface area contributed by atoms with Gasteiger partial charge in [0.2, 0.25) is 5.91 Å². The second-order valence-electron chi connectivity index (χ2n) is 3.96. The van der Waals surface area contributed by atoms with Crippen molar-refractivity contribution in [3.63, 3.8) is 0 Å². The summed E-state index contributed by atoms with van der Waals surface area (Å²) in [4.78, 5) is 14.3. The summed E-state index contributed by atoms with van der Waals surface area (Å²) in [5.74, 6) is 0.0197. The Morgan fingerprint density at radius 1 is 1.44 bits per heavy atom. The predicted molar refractivity (Wildman–Crippen MR) is 68.0 cm³/mol. The second kappa shape index (κ2) is 4.30. The molecule has 0 saturated heterocycles. The average Bonchev–Trinajstić information content (AvgIpc) is 2.15. The van der Waals surface area contributed by atoms with Crippen molar-refractivity contribution < 1.29 is 9.00 Å². The average molecular weight is 302 g/mol. The van der Waals surface area contributed by atoms with Gasteiger partial charge >= 0.3 is 0 Å². The zero-order valence-corrected chi connectivity index (χ0v) is 11.5. The highest BCUT2D eigenvalue weighted by atomic mass is 79.9. The van der Waals surface area contributed by atoms with Gasteiger partial charge in [-0.05, 0) is 32.0 Å². The van der Waals surface area contributed by atoms with Gasteiger partial charge in [-0.3, -0.25) is 9.00 Å². The summed E-state index contributed by atoms with van der Waals surface area (Å²) < 4.78 is 12.7. The Hall–Kier alpha value is -0.680. The van der Waals surface area contributed by atoms with E-state index in [0.29, 0.717) is 0 Å². The summed E-state index contributed by atoms with van der Waals surface area (Å²) in [6, 6.07) is 5.60. The van der Waals surface area contributed by atoms with Crippen molar-refractivity contribution in [2.45, 2.75) is 24.8 Å². The minimum absolute atomic E-state index is 0.0704. The van der Waals surface area contributed by atoms with Gasteiger partial charge in [-0.25, -0.2) is 0 Å². The fourth-order valence-electron chi connectivity index (χ4n) is 1.83. The van der Waals surface area contributed by atoms with Crippen LogP contribution in [0.25, 0.3) is 0 Å². The molecule has 0 aliphatic carbocycles. The van der Waals surface area contributed by atoms with E-state index in [0.717, 1.165) is 15.1 Å². The molecule has 1 amide bonds. The first kappa shape index (κ1) is 11.8. The van der Waals surface area contributed by atoms with Gasteiger partial charge in [0.15, 0.2) is 0 Å². The third-order valence-corrected chi connectivity index (χ3v) is 4.30. The molecule has 0 fully saturated rings. The minimum Gasteiger partial charge on any atom is -0.308 e. The maximum absolute atomic E-state index is 11.8. The van der Waals surface area contributed by atoms with Crippen LogP contribution in [0.1, 0.15) is 13.8 Å². The zero-order valence-electron chi connectivity index (χ0n) is 9.07. The summed E-state index contributed by atoms with van der Waals surface area (Å²) >= 11 is 3.37. The molecule has 0 N–H and O–H groups in total. The molecule has 1 atom stereocenters. The van der Waals surface area contributed by atoms with Gasteiger partial charge in [0.25, 0.3) is 0 Å². The molecular formula is C11H12BrNO2S. The first-order valence-electron chi connectivity index (χ1n) is 5.00. The number of fused-ring (bicyclic) bond motifs is 1. The quantitative estimate of drug-likeness (QED) is 0.798. The van der Waals surface area contributed by atoms with E-state index in [-0.39, 0.29) is 17.7 Å². The lowest BCUT2D eigenvalue weighted by molar-refractivity contribution is -0.116. The van der Waals surface area contributed by atoms with Gasteiger partial charge in [0.1, 0.15) is 5.75 Å². The Labute approximate surface area is 105 Å². The number of nitrogens with zero attached hydrogens (tertiary/aromatic N) is 1. The lowest BCUT2D eigenvalue weighted by atomic mass is 10.2. The molecule has 5 heteroatoms. The highest BCUT2D eigenvalue weighted by Crippen LogP contribution is 2.32. The van der Waals surface area contributed by atoms with Crippen molar-refractivity contribution in [3.05, 3.63) is 22.7 Å². The summed E-state index contributed by atoms with van der Waals surface area (Å²) in [6.07, 6.45) is 0. The summed E-state index contributed by atoms with van der Waals surface area (Å²) in [7, 11) is -1.20. The van der Waals surface area contributed by atoms with Crippen LogP contribution in [0.3, 0.4) is 0 Å². The van der Waals surface area contributed by atoms with Crippen molar-refractivity contribution in [2.75, 3.05) is 10.7 Å². The Bertz CT molecular complexity index is 473. The number of anilines is 1. The maximum atomic E-state index is 11.8. The fraction of sp³-hybridized carbons (Fsp3) is 0.364. The molecule has 1 aliphatic rings. The van der Waals surface area contributed by atoms with Gasteiger partial charge in [-0.15, -0.1) is 0 Å². The van der Waals surface area contributed by atoms with Gasteiger partial charge < -0.3 is 4.90 Å². The van der Waals surface area contributed by atoms with Crippen LogP contribution >= 0.6 is 15.9 Å². The van der Waals surface area contributed by atoms with Crippen molar-refractivity contribution in [1.29, 1.82) is 0 Å². The fourth-order valence-corrected chi connectivity index (χ4v) is 3.31. The lowest BCUT2D eigenvalue weighted by Crippen LogP contribution is -2.43. The third-order valence-electron chi connectivity index (χ3n) is 2.47. The number of rotatable bonds is 1. The molecule has 0 saturated carbocycles. The molecule has 0 radical (unpaired) electrons. The Morgan fingerprint density at radius 3 is 2.75 bits per heavy atom. The molecule has 3 nitrogen and oxygen atoms in total. The van der Waals surface area contributed by atoms with Crippen molar-refractivity contribution in [2.24, 2.45) is 0 Å². The molecule has 0 spiro atoms. The normalized spacial score (nSPS) is 20.1. The largest absolute Gasteiger partial charge is 0.308 e. The highest BCUT2D eigenvalue weighted by molar-refractivity contribution is 9.10. The van der Waals surface area contributed by atoms with Gasteiger partial charge in [0, 0.05) is 10.5 Å². The SMILES string of the molecule is CC(C)N1C(=O)CS(=O)c2ccc(Br)cc21. The van der Waals surface area contributed by atoms with Gasteiger partial charge in [-0.1, -0.05) is 15.9 Å². The van der Waals surface area contributed by atoms with E-state index in [4.69, 9.17) is 0 Å². The number of halogens is 1. The molecule has 16 heavy (non-hydrogen) atoms. The molecule has 1 aromatic carbocycles. The molecule has 2 rings (SSSR count). The smallest absolute Gasteiger partial charge is 0.240 e. The molecule has 1 heterocycles. The van der Waals surface area contributed by atoms with Crippen LogP contribution in [0.15, 0.2) is 27.6 Å². The molecule has 0 bridgehead atoms. The Kier molecular flexibility index (Phi) is 3.17. The number of amides is 1. The second-order valence-corrected chi connectivity index (χ2v) is 6.29. The van der Waals surface area contributed by atoms with E-state index in [1.165, 1.54) is 0 Å². The summed E-state index contributed by atoms with van der Waals surface area (Å²) in [6.45, 7) is 3.91. The standard InChI is InChI=1S/C11H12BrNO2S/c1-7(2)13-9-5-8(12)3-4-10(9)16(15)6-11(13)14/h3-5,7H,6H2,1-2H3. The van der Waals surface area contributed by atoms with E-state index < -0.39 is 10.8 Å². The number of hydrogen-bond acceptors (Lipinski definition) is 2. The minimum atomic E-state index is -1.20. The maximum Gasteiger partial charge on any atom is 0.240 e. The first-order valence-corrected chi connectivity index (χ1v) is 7.12. The third kappa shape index (κ3) is 1.94. The molecule has 86 valence electrons. The monoisotopic (exact) mass is 301 g/mol. The lowest BCUT2D eigenvalue weighted by Gasteiger charge is -2.32. The van der Waals surface area contributed by atoms with Crippen LogP contribution in [0, 0.1) is 0 Å². The summed E-state index contributed by atoms with van der Waals surface area (Å²) in [5, 5.41) is 0. The zero-order chi connectivity index (χ0) is 11.9. The van der Waals surface area contributed by atoms with E-state index in [9.17, 15) is 9.00 Å².